The van der Waals surface area contributed by atoms with Gasteiger partial charge in [0.05, 0.1) is 0 Å². The van der Waals surface area contributed by atoms with Gasteiger partial charge in [0, 0.05) is 32.7 Å². The fourth-order valence-corrected chi connectivity index (χ4v) is 2.71. The van der Waals surface area contributed by atoms with Crippen LogP contribution in [0.1, 0.15) is 5.56 Å². The van der Waals surface area contributed by atoms with Crippen molar-refractivity contribution < 1.29 is 14.3 Å². The predicted molar refractivity (Wildman–Crippen MR) is 76.6 cm³/mol. The second kappa shape index (κ2) is 6.13. The summed E-state index contributed by atoms with van der Waals surface area (Å²) in [6.07, 6.45) is -0.504. The highest BCUT2D eigenvalue weighted by atomic mass is 16.6. The van der Waals surface area contributed by atoms with Gasteiger partial charge in [0.25, 0.3) is 0 Å². The zero-order chi connectivity index (χ0) is 14.7. The molecule has 0 bridgehead atoms. The number of alkyl carbamates (subject to hydrolysis) is 1. The lowest BCUT2D eigenvalue weighted by atomic mass is 10.2. The molecule has 2 aliphatic heterocycles. The molecule has 2 amide bonds. The molecule has 1 aromatic carbocycles. The van der Waals surface area contributed by atoms with E-state index in [1.807, 2.05) is 18.2 Å². The van der Waals surface area contributed by atoms with Crippen LogP contribution in [0.2, 0.25) is 0 Å². The second-order valence-electron chi connectivity index (χ2n) is 5.38. The van der Waals surface area contributed by atoms with Gasteiger partial charge in [0.1, 0.15) is 12.6 Å². The first-order valence-corrected chi connectivity index (χ1v) is 7.21. The maximum absolute atomic E-state index is 12.2. The van der Waals surface area contributed by atoms with Crippen molar-refractivity contribution in [3.05, 3.63) is 35.9 Å². The summed E-state index contributed by atoms with van der Waals surface area (Å²) in [5.41, 5.74) is 1.29. The molecule has 3 rings (SSSR count). The topological polar surface area (TPSA) is 61.9 Å². The number of nitrogens with zero attached hydrogens (tertiary/aromatic N) is 2. The first-order valence-electron chi connectivity index (χ1n) is 7.21. The third-order valence-corrected chi connectivity index (χ3v) is 3.90. The average molecular weight is 289 g/mol. The number of piperazine rings is 1. The van der Waals surface area contributed by atoms with Crippen molar-refractivity contribution in [1.29, 1.82) is 0 Å². The molecule has 6 nitrogen and oxygen atoms in total. The molecule has 0 spiro atoms. The van der Waals surface area contributed by atoms with E-state index in [2.05, 4.69) is 22.3 Å². The first-order chi connectivity index (χ1) is 10.2. The summed E-state index contributed by atoms with van der Waals surface area (Å²) in [5.74, 6) is -0.0415. The summed E-state index contributed by atoms with van der Waals surface area (Å²) in [7, 11) is 0. The Hall–Kier alpha value is -2.08. The number of carbonyl (C=O) groups is 2. The SMILES string of the molecule is O=C1NC(C(=O)N2CCN(Cc3ccccc3)CC2)CO1. The van der Waals surface area contributed by atoms with Crippen LogP contribution in [-0.2, 0) is 16.1 Å². The normalized spacial score (nSPS) is 22.8. The van der Waals surface area contributed by atoms with Crippen molar-refractivity contribution in [3.63, 3.8) is 0 Å². The van der Waals surface area contributed by atoms with Crippen LogP contribution in [0.25, 0.3) is 0 Å². The van der Waals surface area contributed by atoms with Crippen molar-refractivity contribution >= 4 is 12.0 Å². The van der Waals surface area contributed by atoms with E-state index in [0.717, 1.165) is 19.6 Å². The first kappa shape index (κ1) is 13.9. The Morgan fingerprint density at radius 2 is 1.90 bits per heavy atom. The summed E-state index contributed by atoms with van der Waals surface area (Å²) < 4.78 is 4.77. The number of amides is 2. The highest BCUT2D eigenvalue weighted by Gasteiger charge is 2.33. The van der Waals surface area contributed by atoms with Crippen molar-refractivity contribution in [2.24, 2.45) is 0 Å². The number of cyclic esters (lactones) is 1. The van der Waals surface area contributed by atoms with Crippen molar-refractivity contribution in [2.75, 3.05) is 32.8 Å². The number of hydrogen-bond acceptors (Lipinski definition) is 4. The number of rotatable bonds is 3. The summed E-state index contributed by atoms with van der Waals surface area (Å²) in [4.78, 5) is 27.4. The summed E-state index contributed by atoms with van der Waals surface area (Å²) in [5, 5.41) is 2.54. The van der Waals surface area contributed by atoms with Crippen LogP contribution in [0.5, 0.6) is 0 Å². The van der Waals surface area contributed by atoms with Crippen molar-refractivity contribution in [1.82, 2.24) is 15.1 Å². The molecule has 21 heavy (non-hydrogen) atoms. The zero-order valence-corrected chi connectivity index (χ0v) is 11.8. The van der Waals surface area contributed by atoms with E-state index in [9.17, 15) is 9.59 Å². The van der Waals surface area contributed by atoms with Gasteiger partial charge in [0.2, 0.25) is 5.91 Å². The maximum atomic E-state index is 12.2. The molecule has 1 N–H and O–H groups in total. The van der Waals surface area contributed by atoms with E-state index in [1.165, 1.54) is 5.56 Å². The van der Waals surface area contributed by atoms with Crippen LogP contribution in [0.3, 0.4) is 0 Å². The number of hydrogen-bond donors (Lipinski definition) is 1. The summed E-state index contributed by atoms with van der Waals surface area (Å²) in [6, 6.07) is 9.80. The van der Waals surface area contributed by atoms with E-state index in [4.69, 9.17) is 4.74 Å². The van der Waals surface area contributed by atoms with Gasteiger partial charge in [0.15, 0.2) is 0 Å². The monoisotopic (exact) mass is 289 g/mol. The van der Waals surface area contributed by atoms with Gasteiger partial charge < -0.3 is 15.0 Å². The van der Waals surface area contributed by atoms with Crippen LogP contribution in [0.4, 0.5) is 4.79 Å². The Balaban J connectivity index is 1.49. The van der Waals surface area contributed by atoms with Crippen LogP contribution in [0, 0.1) is 0 Å². The molecule has 0 saturated carbocycles. The number of carbonyl (C=O) groups excluding carboxylic acids is 2. The highest BCUT2D eigenvalue weighted by molar-refractivity contribution is 5.87. The molecular weight excluding hydrogens is 270 g/mol. The molecular formula is C15H19N3O3. The molecule has 0 aromatic heterocycles. The molecule has 1 aromatic rings. The third kappa shape index (κ3) is 3.33. The van der Waals surface area contributed by atoms with Gasteiger partial charge >= 0.3 is 6.09 Å². The lowest BCUT2D eigenvalue weighted by Gasteiger charge is -2.35. The lowest BCUT2D eigenvalue weighted by Crippen LogP contribution is -2.53. The predicted octanol–water partition coefficient (Wildman–Crippen LogP) is 0.439. The quantitative estimate of drug-likeness (QED) is 0.877. The van der Waals surface area contributed by atoms with Gasteiger partial charge in [-0.3, -0.25) is 9.69 Å². The molecule has 2 heterocycles. The molecule has 1 atom stereocenters. The van der Waals surface area contributed by atoms with Gasteiger partial charge in [-0.25, -0.2) is 4.79 Å². The zero-order valence-electron chi connectivity index (χ0n) is 11.8. The van der Waals surface area contributed by atoms with Gasteiger partial charge in [-0.1, -0.05) is 30.3 Å². The Bertz CT molecular complexity index is 512. The second-order valence-corrected chi connectivity index (χ2v) is 5.38. The molecule has 2 saturated heterocycles. The fraction of sp³-hybridized carbons (Fsp3) is 0.467. The Kier molecular flexibility index (Phi) is 4.06. The van der Waals surface area contributed by atoms with E-state index < -0.39 is 12.1 Å². The van der Waals surface area contributed by atoms with Crippen molar-refractivity contribution in [2.45, 2.75) is 12.6 Å². The van der Waals surface area contributed by atoms with E-state index in [1.54, 1.807) is 4.90 Å². The molecule has 1 unspecified atom stereocenters. The maximum Gasteiger partial charge on any atom is 0.407 e. The average Bonchev–Trinajstić information content (AvgIpc) is 2.95. The lowest BCUT2D eigenvalue weighted by molar-refractivity contribution is -0.134. The molecule has 0 aliphatic carbocycles. The minimum absolute atomic E-state index is 0.0415. The van der Waals surface area contributed by atoms with Gasteiger partial charge in [-0.15, -0.1) is 0 Å². The number of ether oxygens (including phenoxy) is 1. The summed E-state index contributed by atoms with van der Waals surface area (Å²) in [6.45, 7) is 4.13. The van der Waals surface area contributed by atoms with Crippen LogP contribution < -0.4 is 5.32 Å². The van der Waals surface area contributed by atoms with E-state index >= 15 is 0 Å². The molecule has 112 valence electrons. The summed E-state index contributed by atoms with van der Waals surface area (Å²) >= 11 is 0. The minimum Gasteiger partial charge on any atom is -0.447 e. The molecule has 2 aliphatic rings. The third-order valence-electron chi connectivity index (χ3n) is 3.90. The van der Waals surface area contributed by atoms with Gasteiger partial charge in [-0.2, -0.15) is 0 Å². The van der Waals surface area contributed by atoms with E-state index in [0.29, 0.717) is 13.1 Å². The largest absolute Gasteiger partial charge is 0.447 e. The number of benzene rings is 1. The van der Waals surface area contributed by atoms with Crippen LogP contribution >= 0.6 is 0 Å². The highest BCUT2D eigenvalue weighted by Crippen LogP contribution is 2.10. The molecule has 6 heteroatoms. The fourth-order valence-electron chi connectivity index (χ4n) is 2.71. The van der Waals surface area contributed by atoms with E-state index in [-0.39, 0.29) is 12.5 Å². The Morgan fingerprint density at radius 3 is 2.52 bits per heavy atom. The van der Waals surface area contributed by atoms with Crippen molar-refractivity contribution in [3.8, 4) is 0 Å². The Labute approximate surface area is 123 Å². The minimum atomic E-state index is -0.516. The Morgan fingerprint density at radius 1 is 1.19 bits per heavy atom. The van der Waals surface area contributed by atoms with Crippen LogP contribution in [-0.4, -0.2) is 60.6 Å². The molecule has 2 fully saturated rings. The number of nitrogens with one attached hydrogen (secondary N) is 1. The van der Waals surface area contributed by atoms with Crippen LogP contribution in [0.15, 0.2) is 30.3 Å². The molecule has 0 radical (unpaired) electrons. The van der Waals surface area contributed by atoms with Gasteiger partial charge in [-0.05, 0) is 5.56 Å². The smallest absolute Gasteiger partial charge is 0.407 e. The standard InChI is InChI=1S/C15H19N3O3/c19-14(13-11-21-15(20)16-13)18-8-6-17(7-9-18)10-12-4-2-1-3-5-12/h1-5,13H,6-11H2,(H,16,20).